The minimum Gasteiger partial charge on any atom is -0.494 e. The molecule has 0 aliphatic rings. The molecule has 0 fully saturated rings. The molecule has 0 saturated carbocycles. The molecule has 3 rings (SSSR count). The van der Waals surface area contributed by atoms with E-state index in [0.717, 1.165) is 16.2 Å². The van der Waals surface area contributed by atoms with Crippen LogP contribution in [0.2, 0.25) is 5.02 Å². The fourth-order valence-electron chi connectivity index (χ4n) is 2.74. The van der Waals surface area contributed by atoms with Gasteiger partial charge < -0.3 is 15.8 Å². The number of nitrogens with two attached hydrogens (primary N) is 1. The van der Waals surface area contributed by atoms with Gasteiger partial charge in [0, 0.05) is 38.0 Å². The molecule has 7 heteroatoms. The van der Waals surface area contributed by atoms with Crippen molar-refractivity contribution >= 4 is 40.9 Å². The lowest BCUT2D eigenvalue weighted by molar-refractivity contribution is 0.0998. The Kier molecular flexibility index (Phi) is 7.38. The van der Waals surface area contributed by atoms with Crippen molar-refractivity contribution in [3.8, 4) is 5.75 Å². The van der Waals surface area contributed by atoms with E-state index in [0.29, 0.717) is 34.2 Å². The number of carbonyl (C=O) groups is 2. The first kappa shape index (κ1) is 21.7. The van der Waals surface area contributed by atoms with Gasteiger partial charge in [-0.3, -0.25) is 9.59 Å². The first-order valence-corrected chi connectivity index (χ1v) is 10.7. The second-order valence-electron chi connectivity index (χ2n) is 6.39. The van der Waals surface area contributed by atoms with Crippen molar-refractivity contribution in [3.05, 3.63) is 88.4 Å². The minimum atomic E-state index is -0.512. The predicted molar refractivity (Wildman–Crippen MR) is 122 cm³/mol. The van der Waals surface area contributed by atoms with Crippen molar-refractivity contribution in [3.63, 3.8) is 0 Å². The van der Waals surface area contributed by atoms with Crippen LogP contribution in [0.3, 0.4) is 0 Å². The number of hydrogen-bond donors (Lipinski definition) is 2. The highest BCUT2D eigenvalue weighted by Gasteiger charge is 2.12. The molecule has 0 heterocycles. The number of thioether (sulfide) groups is 1. The fraction of sp³-hybridized carbons (Fsp3) is 0.130. The van der Waals surface area contributed by atoms with Gasteiger partial charge in [0.1, 0.15) is 5.75 Å². The van der Waals surface area contributed by atoms with Gasteiger partial charge in [-0.2, -0.15) is 0 Å². The zero-order chi connectivity index (χ0) is 21.5. The maximum absolute atomic E-state index is 12.7. The highest BCUT2D eigenvalue weighted by Crippen LogP contribution is 2.30. The van der Waals surface area contributed by atoms with Crippen LogP contribution in [-0.4, -0.2) is 18.4 Å². The Morgan fingerprint density at radius 2 is 1.67 bits per heavy atom. The van der Waals surface area contributed by atoms with Gasteiger partial charge in [-0.1, -0.05) is 11.6 Å². The van der Waals surface area contributed by atoms with Gasteiger partial charge >= 0.3 is 0 Å². The number of nitrogens with one attached hydrogen (secondary N) is 1. The van der Waals surface area contributed by atoms with E-state index in [1.807, 2.05) is 43.3 Å². The van der Waals surface area contributed by atoms with Crippen molar-refractivity contribution in [1.29, 1.82) is 0 Å². The summed E-state index contributed by atoms with van der Waals surface area (Å²) in [6.45, 7) is 2.46. The van der Waals surface area contributed by atoms with Gasteiger partial charge in [0.25, 0.3) is 5.91 Å². The van der Waals surface area contributed by atoms with Crippen LogP contribution in [0, 0.1) is 0 Å². The monoisotopic (exact) mass is 440 g/mol. The number of carbonyl (C=O) groups excluding carboxylic acids is 2. The summed E-state index contributed by atoms with van der Waals surface area (Å²) in [5.41, 5.74) is 7.65. The molecule has 0 aromatic heterocycles. The molecular weight excluding hydrogens is 420 g/mol. The Labute approximate surface area is 184 Å². The Bertz CT molecular complexity index is 1040. The molecule has 0 radical (unpaired) electrons. The SMILES string of the molecule is CCOc1ccc(C(=O)Nc2ccc(C(N)=O)cc2)cc1CSc1ccc(Cl)cc1. The van der Waals surface area contributed by atoms with Crippen molar-refractivity contribution in [2.75, 3.05) is 11.9 Å². The van der Waals surface area contributed by atoms with E-state index in [4.69, 9.17) is 22.1 Å². The summed E-state index contributed by atoms with van der Waals surface area (Å²) in [4.78, 5) is 24.9. The van der Waals surface area contributed by atoms with Crippen LogP contribution >= 0.6 is 23.4 Å². The standard InChI is InChI=1S/C23H21ClN2O3S/c1-2-29-21-12-5-16(13-17(21)14-30-20-10-6-18(24)7-11-20)23(28)26-19-8-3-15(4-9-19)22(25)27/h3-13H,2,14H2,1H3,(H2,25,27)(H,26,28). The molecule has 0 spiro atoms. The van der Waals surface area contributed by atoms with Crippen LogP contribution in [0.4, 0.5) is 5.69 Å². The van der Waals surface area contributed by atoms with E-state index in [-0.39, 0.29) is 5.91 Å². The number of rotatable bonds is 8. The normalized spacial score (nSPS) is 10.5. The van der Waals surface area contributed by atoms with Crippen molar-refractivity contribution in [1.82, 2.24) is 0 Å². The van der Waals surface area contributed by atoms with Crippen molar-refractivity contribution < 1.29 is 14.3 Å². The molecule has 0 aliphatic carbocycles. The topological polar surface area (TPSA) is 81.4 Å². The molecule has 2 amide bonds. The van der Waals surface area contributed by atoms with Gasteiger partial charge in [-0.05, 0) is 73.7 Å². The molecule has 30 heavy (non-hydrogen) atoms. The molecular formula is C23H21ClN2O3S. The van der Waals surface area contributed by atoms with E-state index < -0.39 is 5.91 Å². The molecule has 0 bridgehead atoms. The third kappa shape index (κ3) is 5.78. The molecule has 154 valence electrons. The zero-order valence-electron chi connectivity index (χ0n) is 16.4. The lowest BCUT2D eigenvalue weighted by atomic mass is 10.1. The molecule has 0 aliphatic heterocycles. The maximum atomic E-state index is 12.7. The second kappa shape index (κ2) is 10.2. The molecule has 0 saturated heterocycles. The van der Waals surface area contributed by atoms with Crippen LogP contribution in [-0.2, 0) is 5.75 Å². The minimum absolute atomic E-state index is 0.248. The number of amides is 2. The van der Waals surface area contributed by atoms with Crippen molar-refractivity contribution in [2.45, 2.75) is 17.6 Å². The van der Waals surface area contributed by atoms with Crippen LogP contribution in [0.15, 0.2) is 71.6 Å². The van der Waals surface area contributed by atoms with E-state index in [2.05, 4.69) is 5.32 Å². The van der Waals surface area contributed by atoms with Crippen molar-refractivity contribution in [2.24, 2.45) is 5.73 Å². The summed E-state index contributed by atoms with van der Waals surface area (Å²) in [6, 6.07) is 19.4. The van der Waals surface area contributed by atoms with E-state index in [1.165, 1.54) is 0 Å². The molecule has 3 N–H and O–H groups in total. The molecule has 3 aromatic rings. The van der Waals surface area contributed by atoms with E-state index in [1.54, 1.807) is 42.1 Å². The highest BCUT2D eigenvalue weighted by atomic mass is 35.5. The van der Waals surface area contributed by atoms with Gasteiger partial charge in [0.15, 0.2) is 0 Å². The third-order valence-corrected chi connectivity index (χ3v) is 5.57. The van der Waals surface area contributed by atoms with Crippen LogP contribution < -0.4 is 15.8 Å². The van der Waals surface area contributed by atoms with Gasteiger partial charge in [-0.25, -0.2) is 0 Å². The highest BCUT2D eigenvalue weighted by molar-refractivity contribution is 7.98. The van der Waals surface area contributed by atoms with E-state index >= 15 is 0 Å². The molecule has 5 nitrogen and oxygen atoms in total. The fourth-order valence-corrected chi connectivity index (χ4v) is 3.75. The Morgan fingerprint density at radius 1 is 1.00 bits per heavy atom. The second-order valence-corrected chi connectivity index (χ2v) is 7.88. The van der Waals surface area contributed by atoms with Gasteiger partial charge in [0.05, 0.1) is 6.61 Å². The third-order valence-electron chi connectivity index (χ3n) is 4.26. The maximum Gasteiger partial charge on any atom is 0.255 e. The van der Waals surface area contributed by atoms with Crippen LogP contribution in [0.1, 0.15) is 33.2 Å². The summed E-state index contributed by atoms with van der Waals surface area (Å²) in [5.74, 6) is 0.636. The first-order valence-electron chi connectivity index (χ1n) is 9.31. The van der Waals surface area contributed by atoms with Gasteiger partial charge in [0.2, 0.25) is 5.91 Å². The number of primary amides is 1. The lowest BCUT2D eigenvalue weighted by Crippen LogP contribution is -2.14. The summed E-state index contributed by atoms with van der Waals surface area (Å²) < 4.78 is 5.72. The van der Waals surface area contributed by atoms with Crippen LogP contribution in [0.5, 0.6) is 5.75 Å². The number of anilines is 1. The smallest absolute Gasteiger partial charge is 0.255 e. The Morgan fingerprint density at radius 3 is 2.30 bits per heavy atom. The average molecular weight is 441 g/mol. The average Bonchev–Trinajstić information content (AvgIpc) is 2.74. The van der Waals surface area contributed by atoms with E-state index in [9.17, 15) is 9.59 Å². The molecule has 0 unspecified atom stereocenters. The summed E-state index contributed by atoms with van der Waals surface area (Å²) >= 11 is 7.58. The summed E-state index contributed by atoms with van der Waals surface area (Å²) in [5, 5.41) is 3.52. The number of benzene rings is 3. The summed E-state index contributed by atoms with van der Waals surface area (Å²) in [6.07, 6.45) is 0. The quantitative estimate of drug-likeness (QED) is 0.460. The number of halogens is 1. The summed E-state index contributed by atoms with van der Waals surface area (Å²) in [7, 11) is 0. The first-order chi connectivity index (χ1) is 14.5. The lowest BCUT2D eigenvalue weighted by Gasteiger charge is -2.13. The zero-order valence-corrected chi connectivity index (χ0v) is 17.9. The Balaban J connectivity index is 1.75. The van der Waals surface area contributed by atoms with Gasteiger partial charge in [-0.15, -0.1) is 11.8 Å². The predicted octanol–water partition coefficient (Wildman–Crippen LogP) is 5.38. The number of hydrogen-bond acceptors (Lipinski definition) is 4. The molecule has 3 aromatic carbocycles. The number of ether oxygens (including phenoxy) is 1. The largest absolute Gasteiger partial charge is 0.494 e. The Hall–Kier alpha value is -2.96. The molecule has 0 atom stereocenters. The van der Waals surface area contributed by atoms with Crippen LogP contribution in [0.25, 0.3) is 0 Å².